The van der Waals surface area contributed by atoms with E-state index in [9.17, 15) is 9.59 Å². The molecule has 2 amide bonds. The largest absolute Gasteiger partial charge is 0.482 e. The number of amides is 2. The Morgan fingerprint density at radius 2 is 2.28 bits per heavy atom. The molecule has 96 valence electrons. The second-order valence-electron chi connectivity index (χ2n) is 3.65. The molecule has 0 spiro atoms. The highest BCUT2D eigenvalue weighted by atomic mass is 35.5. The van der Waals surface area contributed by atoms with Crippen LogP contribution in [0.1, 0.15) is 6.42 Å². The van der Waals surface area contributed by atoms with Gasteiger partial charge in [0.05, 0.1) is 16.4 Å². The first-order chi connectivity index (χ1) is 8.60. The van der Waals surface area contributed by atoms with Crippen LogP contribution in [-0.4, -0.2) is 24.3 Å². The van der Waals surface area contributed by atoms with Crippen molar-refractivity contribution in [1.82, 2.24) is 0 Å². The third-order valence-electron chi connectivity index (χ3n) is 2.30. The van der Waals surface area contributed by atoms with Gasteiger partial charge in [-0.25, -0.2) is 0 Å². The van der Waals surface area contributed by atoms with E-state index in [1.54, 1.807) is 6.07 Å². The second-order valence-corrected chi connectivity index (χ2v) is 4.44. The van der Waals surface area contributed by atoms with Gasteiger partial charge < -0.3 is 15.4 Å². The van der Waals surface area contributed by atoms with Gasteiger partial charge >= 0.3 is 0 Å². The lowest BCUT2D eigenvalue weighted by atomic mass is 10.2. The summed E-state index contributed by atoms with van der Waals surface area (Å²) in [5.41, 5.74) is 0.924. The SMILES string of the molecule is O=C(CCCl)Nc1cc2c(cc1Cl)NC(=O)CO2. The van der Waals surface area contributed by atoms with E-state index in [0.717, 1.165) is 0 Å². The number of nitrogens with one attached hydrogen (secondary N) is 2. The molecule has 2 N–H and O–H groups in total. The molecule has 2 rings (SSSR count). The van der Waals surface area contributed by atoms with Crippen molar-refractivity contribution >= 4 is 46.4 Å². The number of rotatable bonds is 3. The van der Waals surface area contributed by atoms with Crippen molar-refractivity contribution < 1.29 is 14.3 Å². The Kier molecular flexibility index (Phi) is 3.93. The van der Waals surface area contributed by atoms with Gasteiger partial charge in [-0.05, 0) is 6.07 Å². The van der Waals surface area contributed by atoms with Crippen molar-refractivity contribution in [1.29, 1.82) is 0 Å². The summed E-state index contributed by atoms with van der Waals surface area (Å²) >= 11 is 11.5. The number of carbonyl (C=O) groups is 2. The Morgan fingerprint density at radius 3 is 3.00 bits per heavy atom. The number of ether oxygens (including phenoxy) is 1. The van der Waals surface area contributed by atoms with Crippen molar-refractivity contribution in [2.45, 2.75) is 6.42 Å². The molecule has 0 aromatic heterocycles. The zero-order chi connectivity index (χ0) is 13.1. The maximum Gasteiger partial charge on any atom is 0.262 e. The van der Waals surface area contributed by atoms with Crippen LogP contribution in [0.4, 0.5) is 11.4 Å². The highest BCUT2D eigenvalue weighted by Crippen LogP contribution is 2.36. The number of hydrogen-bond acceptors (Lipinski definition) is 3. The van der Waals surface area contributed by atoms with Gasteiger partial charge in [-0.1, -0.05) is 11.6 Å². The minimum atomic E-state index is -0.238. The normalized spacial score (nSPS) is 13.3. The topological polar surface area (TPSA) is 67.4 Å². The average molecular weight is 289 g/mol. The molecule has 0 saturated carbocycles. The molecule has 0 atom stereocenters. The van der Waals surface area contributed by atoms with Crippen LogP contribution in [0.2, 0.25) is 5.02 Å². The van der Waals surface area contributed by atoms with Crippen molar-refractivity contribution in [3.8, 4) is 5.75 Å². The van der Waals surface area contributed by atoms with Crippen molar-refractivity contribution in [2.75, 3.05) is 23.1 Å². The highest BCUT2D eigenvalue weighted by molar-refractivity contribution is 6.34. The minimum absolute atomic E-state index is 0.0519. The van der Waals surface area contributed by atoms with Crippen molar-refractivity contribution in [3.63, 3.8) is 0 Å². The van der Waals surface area contributed by atoms with Crippen LogP contribution in [0.25, 0.3) is 0 Å². The number of hydrogen-bond donors (Lipinski definition) is 2. The number of alkyl halides is 1. The summed E-state index contributed by atoms with van der Waals surface area (Å²) < 4.78 is 5.22. The van der Waals surface area contributed by atoms with Crippen LogP contribution >= 0.6 is 23.2 Å². The fourth-order valence-electron chi connectivity index (χ4n) is 1.49. The zero-order valence-electron chi connectivity index (χ0n) is 9.26. The lowest BCUT2D eigenvalue weighted by Gasteiger charge is -2.19. The van der Waals surface area contributed by atoms with E-state index in [0.29, 0.717) is 22.1 Å². The van der Waals surface area contributed by atoms with Crippen molar-refractivity contribution in [3.05, 3.63) is 17.2 Å². The minimum Gasteiger partial charge on any atom is -0.482 e. The Bertz CT molecular complexity index is 505. The van der Waals surface area contributed by atoms with E-state index in [2.05, 4.69) is 10.6 Å². The average Bonchev–Trinajstić information content (AvgIpc) is 2.31. The molecule has 1 aromatic rings. The van der Waals surface area contributed by atoms with Crippen LogP contribution in [0.3, 0.4) is 0 Å². The predicted octanol–water partition coefficient (Wildman–Crippen LogP) is 2.24. The van der Waals surface area contributed by atoms with E-state index in [-0.39, 0.29) is 30.7 Å². The number of carbonyl (C=O) groups excluding carboxylic acids is 2. The smallest absolute Gasteiger partial charge is 0.262 e. The molecule has 5 nitrogen and oxygen atoms in total. The van der Waals surface area contributed by atoms with Crippen LogP contribution in [0.5, 0.6) is 5.75 Å². The van der Waals surface area contributed by atoms with Crippen LogP contribution in [0, 0.1) is 0 Å². The number of fused-ring (bicyclic) bond motifs is 1. The molecule has 1 heterocycles. The van der Waals surface area contributed by atoms with Crippen LogP contribution in [-0.2, 0) is 9.59 Å². The van der Waals surface area contributed by atoms with E-state index in [1.807, 2.05) is 0 Å². The van der Waals surface area contributed by atoms with Crippen LogP contribution < -0.4 is 15.4 Å². The monoisotopic (exact) mass is 288 g/mol. The summed E-state index contributed by atoms with van der Waals surface area (Å²) in [6.45, 7) is -0.0519. The molecule has 1 aliphatic heterocycles. The van der Waals surface area contributed by atoms with Crippen LogP contribution in [0.15, 0.2) is 12.1 Å². The zero-order valence-corrected chi connectivity index (χ0v) is 10.8. The molecule has 0 aliphatic carbocycles. The molecule has 0 radical (unpaired) electrons. The quantitative estimate of drug-likeness (QED) is 0.838. The molecular formula is C11H10Cl2N2O3. The molecule has 0 fully saturated rings. The summed E-state index contributed by atoms with van der Waals surface area (Å²) in [6, 6.07) is 3.10. The summed E-state index contributed by atoms with van der Waals surface area (Å²) in [6.07, 6.45) is 0.201. The number of anilines is 2. The molecule has 1 aromatic carbocycles. The Morgan fingerprint density at radius 1 is 1.50 bits per heavy atom. The summed E-state index contributed by atoms with van der Waals surface area (Å²) in [4.78, 5) is 22.5. The summed E-state index contributed by atoms with van der Waals surface area (Å²) in [5.74, 6) is 0.241. The third-order valence-corrected chi connectivity index (χ3v) is 2.80. The Balaban J connectivity index is 2.22. The van der Waals surface area contributed by atoms with Gasteiger partial charge in [-0.3, -0.25) is 9.59 Å². The first-order valence-corrected chi connectivity index (χ1v) is 6.13. The maximum atomic E-state index is 11.4. The van der Waals surface area contributed by atoms with Gasteiger partial charge in [-0.15, -0.1) is 11.6 Å². The first kappa shape index (κ1) is 13.0. The maximum absolute atomic E-state index is 11.4. The summed E-state index contributed by atoms with van der Waals surface area (Å²) in [5, 5.41) is 5.57. The van der Waals surface area contributed by atoms with E-state index in [4.69, 9.17) is 27.9 Å². The molecule has 0 saturated heterocycles. The number of halogens is 2. The van der Waals surface area contributed by atoms with E-state index in [1.165, 1.54) is 6.07 Å². The first-order valence-electron chi connectivity index (χ1n) is 5.22. The van der Waals surface area contributed by atoms with E-state index < -0.39 is 0 Å². The molecular weight excluding hydrogens is 279 g/mol. The second kappa shape index (κ2) is 5.46. The third kappa shape index (κ3) is 2.86. The van der Waals surface area contributed by atoms with Gasteiger partial charge in [0, 0.05) is 18.4 Å². The predicted molar refractivity (Wildman–Crippen MR) is 69.5 cm³/mol. The molecule has 1 aliphatic rings. The summed E-state index contributed by atoms with van der Waals surface area (Å²) in [7, 11) is 0. The number of benzene rings is 1. The lowest BCUT2D eigenvalue weighted by molar-refractivity contribution is -0.118. The van der Waals surface area contributed by atoms with Crippen molar-refractivity contribution in [2.24, 2.45) is 0 Å². The van der Waals surface area contributed by atoms with Gasteiger partial charge in [0.15, 0.2) is 6.61 Å². The van der Waals surface area contributed by atoms with Gasteiger partial charge in [0.25, 0.3) is 5.91 Å². The fourth-order valence-corrected chi connectivity index (χ4v) is 1.88. The van der Waals surface area contributed by atoms with Gasteiger partial charge in [0.1, 0.15) is 5.75 Å². The fraction of sp³-hybridized carbons (Fsp3) is 0.273. The Labute approximate surface area is 113 Å². The standard InChI is InChI=1S/C11H10Cl2N2O3/c12-2-1-10(16)14-7-4-9-8(3-6(7)13)15-11(17)5-18-9/h3-4H,1-2,5H2,(H,14,16)(H,15,17). The molecule has 0 bridgehead atoms. The van der Waals surface area contributed by atoms with Gasteiger partial charge in [-0.2, -0.15) is 0 Å². The highest BCUT2D eigenvalue weighted by Gasteiger charge is 2.18. The lowest BCUT2D eigenvalue weighted by Crippen LogP contribution is -2.25. The Hall–Kier alpha value is -1.46. The molecule has 0 unspecified atom stereocenters. The van der Waals surface area contributed by atoms with Gasteiger partial charge in [0.2, 0.25) is 5.91 Å². The molecule has 18 heavy (non-hydrogen) atoms. The van der Waals surface area contributed by atoms with E-state index >= 15 is 0 Å². The molecule has 7 heteroatoms.